The zero-order valence-electron chi connectivity index (χ0n) is 11.5. The molecule has 0 radical (unpaired) electrons. The highest BCUT2D eigenvalue weighted by atomic mass is 16.5. The van der Waals surface area contributed by atoms with Crippen LogP contribution in [0, 0.1) is 31.1 Å². The normalized spacial score (nSPS) is 23.2. The van der Waals surface area contributed by atoms with Crippen molar-refractivity contribution < 1.29 is 4.74 Å². The number of morpholine rings is 1. The highest BCUT2D eigenvalue weighted by molar-refractivity contribution is 5.58. The lowest BCUT2D eigenvalue weighted by molar-refractivity contribution is 0.0261. The Balaban J connectivity index is 1.90. The van der Waals surface area contributed by atoms with Gasteiger partial charge in [0.25, 0.3) is 0 Å². The van der Waals surface area contributed by atoms with Crippen molar-refractivity contribution in [1.29, 1.82) is 5.26 Å². The minimum absolute atomic E-state index is 0.322. The van der Waals surface area contributed by atoms with Crippen molar-refractivity contribution in [2.24, 2.45) is 5.92 Å². The Kier molecular flexibility index (Phi) is 3.16. The van der Waals surface area contributed by atoms with E-state index in [0.29, 0.717) is 11.7 Å². The number of anilines is 1. The molecule has 4 nitrogen and oxygen atoms in total. The summed E-state index contributed by atoms with van der Waals surface area (Å²) in [6, 6.07) is 4.28. The Labute approximate surface area is 114 Å². The Morgan fingerprint density at radius 1 is 1.42 bits per heavy atom. The number of ether oxygens (including phenoxy) is 1. The summed E-state index contributed by atoms with van der Waals surface area (Å²) in [4.78, 5) is 6.82. The van der Waals surface area contributed by atoms with Crippen LogP contribution in [0.4, 0.5) is 5.82 Å². The number of aryl methyl sites for hydroxylation is 2. The molecule has 1 saturated carbocycles. The first-order chi connectivity index (χ1) is 9.19. The molecule has 4 heteroatoms. The molecule has 0 spiro atoms. The van der Waals surface area contributed by atoms with Crippen molar-refractivity contribution in [3.8, 4) is 6.07 Å². The molecule has 1 aromatic rings. The van der Waals surface area contributed by atoms with Crippen LogP contribution in [0.5, 0.6) is 0 Å². The van der Waals surface area contributed by atoms with Crippen molar-refractivity contribution >= 4 is 5.82 Å². The Hall–Kier alpha value is -1.60. The van der Waals surface area contributed by atoms with Crippen LogP contribution in [0.3, 0.4) is 0 Å². The van der Waals surface area contributed by atoms with Gasteiger partial charge in [-0.25, -0.2) is 4.98 Å². The lowest BCUT2D eigenvalue weighted by Gasteiger charge is -2.34. The maximum atomic E-state index is 9.36. The predicted octanol–water partition coefficient (Wildman–Crippen LogP) is 2.19. The third-order valence-corrected chi connectivity index (χ3v) is 3.98. The van der Waals surface area contributed by atoms with Crippen LogP contribution in [0.1, 0.15) is 29.7 Å². The molecule has 1 saturated heterocycles. The van der Waals surface area contributed by atoms with Gasteiger partial charge in [-0.1, -0.05) is 0 Å². The third kappa shape index (κ3) is 2.43. The predicted molar refractivity (Wildman–Crippen MR) is 73.1 cm³/mol. The maximum absolute atomic E-state index is 9.36. The first kappa shape index (κ1) is 12.4. The number of hydrogen-bond donors (Lipinski definition) is 0. The van der Waals surface area contributed by atoms with Crippen molar-refractivity contribution in [2.45, 2.75) is 32.8 Å². The summed E-state index contributed by atoms with van der Waals surface area (Å²) in [5.74, 6) is 1.56. The number of nitriles is 1. The second-order valence-corrected chi connectivity index (χ2v) is 5.58. The largest absolute Gasteiger partial charge is 0.374 e. The zero-order valence-corrected chi connectivity index (χ0v) is 11.5. The van der Waals surface area contributed by atoms with Gasteiger partial charge >= 0.3 is 0 Å². The summed E-state index contributed by atoms with van der Waals surface area (Å²) in [7, 11) is 0. The molecule has 1 unspecified atom stereocenters. The number of aromatic nitrogens is 1. The van der Waals surface area contributed by atoms with E-state index < -0.39 is 0 Å². The molecule has 1 aliphatic heterocycles. The minimum Gasteiger partial charge on any atom is -0.374 e. The number of hydrogen-bond acceptors (Lipinski definition) is 4. The fourth-order valence-electron chi connectivity index (χ4n) is 2.81. The molecule has 0 bridgehead atoms. The Bertz CT molecular complexity index is 531. The van der Waals surface area contributed by atoms with E-state index in [9.17, 15) is 5.26 Å². The van der Waals surface area contributed by atoms with Gasteiger partial charge < -0.3 is 9.64 Å². The van der Waals surface area contributed by atoms with E-state index in [1.807, 2.05) is 19.9 Å². The highest BCUT2D eigenvalue weighted by Crippen LogP contribution is 2.36. The van der Waals surface area contributed by atoms with Crippen molar-refractivity contribution in [3.63, 3.8) is 0 Å². The first-order valence-corrected chi connectivity index (χ1v) is 6.94. The van der Waals surface area contributed by atoms with Crippen LogP contribution in [0.2, 0.25) is 0 Å². The van der Waals surface area contributed by atoms with Crippen molar-refractivity contribution in [1.82, 2.24) is 4.98 Å². The summed E-state index contributed by atoms with van der Waals surface area (Å²) < 4.78 is 5.84. The molecule has 2 aliphatic rings. The number of pyridine rings is 1. The molecule has 100 valence electrons. The van der Waals surface area contributed by atoms with Crippen LogP contribution in [-0.2, 0) is 4.74 Å². The van der Waals surface area contributed by atoms with Gasteiger partial charge in [-0.3, -0.25) is 0 Å². The van der Waals surface area contributed by atoms with Gasteiger partial charge in [0.05, 0.1) is 18.3 Å². The third-order valence-electron chi connectivity index (χ3n) is 3.98. The lowest BCUT2D eigenvalue weighted by Crippen LogP contribution is -2.44. The van der Waals surface area contributed by atoms with Crippen LogP contribution in [0.15, 0.2) is 6.07 Å². The SMILES string of the molecule is Cc1cc(C)c(C#N)c(N2CCOC(C3CC3)C2)n1. The quantitative estimate of drug-likeness (QED) is 0.815. The molecule has 1 atom stereocenters. The smallest absolute Gasteiger partial charge is 0.147 e. The van der Waals surface area contributed by atoms with E-state index >= 15 is 0 Å². The second-order valence-electron chi connectivity index (χ2n) is 5.58. The van der Waals surface area contributed by atoms with Gasteiger partial charge in [0.15, 0.2) is 0 Å². The Morgan fingerprint density at radius 2 is 2.21 bits per heavy atom. The van der Waals surface area contributed by atoms with Crippen LogP contribution in [-0.4, -0.2) is 30.8 Å². The standard InChI is InChI=1S/C15H19N3O/c1-10-7-11(2)17-15(13(10)8-16)18-5-6-19-14(9-18)12-3-4-12/h7,12,14H,3-6,9H2,1-2H3. The van der Waals surface area contributed by atoms with E-state index in [2.05, 4.69) is 16.0 Å². The summed E-state index contributed by atoms with van der Waals surface area (Å²) in [6.07, 6.45) is 2.89. The van der Waals surface area contributed by atoms with E-state index in [1.165, 1.54) is 12.8 Å². The van der Waals surface area contributed by atoms with Crippen LogP contribution in [0.25, 0.3) is 0 Å². The van der Waals surface area contributed by atoms with Crippen molar-refractivity contribution in [2.75, 3.05) is 24.6 Å². The molecular weight excluding hydrogens is 238 g/mol. The molecule has 2 fully saturated rings. The molecule has 1 aromatic heterocycles. The summed E-state index contributed by atoms with van der Waals surface area (Å²) in [5, 5.41) is 9.36. The molecule has 0 aromatic carbocycles. The summed E-state index contributed by atoms with van der Waals surface area (Å²) >= 11 is 0. The molecule has 1 aliphatic carbocycles. The van der Waals surface area contributed by atoms with Gasteiger partial charge in [-0.2, -0.15) is 5.26 Å². The fourth-order valence-corrected chi connectivity index (χ4v) is 2.81. The van der Waals surface area contributed by atoms with Gasteiger partial charge in [0, 0.05) is 18.8 Å². The van der Waals surface area contributed by atoms with Crippen LogP contribution < -0.4 is 4.90 Å². The molecule has 19 heavy (non-hydrogen) atoms. The van der Waals surface area contributed by atoms with E-state index in [1.54, 1.807) is 0 Å². The molecular formula is C15H19N3O. The fraction of sp³-hybridized carbons (Fsp3) is 0.600. The average Bonchev–Trinajstić information content (AvgIpc) is 3.22. The summed E-state index contributed by atoms with van der Waals surface area (Å²) in [5.41, 5.74) is 2.70. The van der Waals surface area contributed by atoms with Gasteiger partial charge in [-0.05, 0) is 44.2 Å². The zero-order chi connectivity index (χ0) is 13.4. The first-order valence-electron chi connectivity index (χ1n) is 6.94. The van der Waals surface area contributed by atoms with E-state index in [4.69, 9.17) is 4.74 Å². The average molecular weight is 257 g/mol. The highest BCUT2D eigenvalue weighted by Gasteiger charge is 2.36. The van der Waals surface area contributed by atoms with Crippen LogP contribution >= 0.6 is 0 Å². The van der Waals surface area contributed by atoms with Crippen molar-refractivity contribution in [3.05, 3.63) is 22.9 Å². The van der Waals surface area contributed by atoms with Gasteiger partial charge in [0.1, 0.15) is 11.9 Å². The number of rotatable bonds is 2. The monoisotopic (exact) mass is 257 g/mol. The van der Waals surface area contributed by atoms with E-state index in [0.717, 1.165) is 42.7 Å². The Morgan fingerprint density at radius 3 is 2.89 bits per heavy atom. The summed E-state index contributed by atoms with van der Waals surface area (Å²) in [6.45, 7) is 6.40. The molecule has 0 N–H and O–H groups in total. The molecule has 3 rings (SSSR count). The van der Waals surface area contributed by atoms with E-state index in [-0.39, 0.29) is 0 Å². The number of nitrogens with zero attached hydrogens (tertiary/aromatic N) is 3. The second kappa shape index (κ2) is 4.82. The molecule has 2 heterocycles. The molecule has 0 amide bonds. The van der Waals surface area contributed by atoms with Gasteiger partial charge in [0.2, 0.25) is 0 Å². The lowest BCUT2D eigenvalue weighted by atomic mass is 10.1. The van der Waals surface area contributed by atoms with Gasteiger partial charge in [-0.15, -0.1) is 0 Å². The topological polar surface area (TPSA) is 49.2 Å². The maximum Gasteiger partial charge on any atom is 0.147 e. The minimum atomic E-state index is 0.322.